The fourth-order valence-electron chi connectivity index (χ4n) is 2.18. The number of ether oxygens (including phenoxy) is 2. The Labute approximate surface area is 155 Å². The molecular weight excluding hydrogens is 353 g/mol. The predicted molar refractivity (Wildman–Crippen MR) is 96.3 cm³/mol. The maximum Gasteiger partial charge on any atom is 0.343 e. The molecule has 0 atom stereocenters. The Morgan fingerprint density at radius 3 is 2.56 bits per heavy atom. The zero-order chi connectivity index (χ0) is 19.8. The Morgan fingerprint density at radius 1 is 1.22 bits per heavy atom. The molecule has 0 aromatic heterocycles. The number of hydrogen-bond donors (Lipinski definition) is 3. The van der Waals surface area contributed by atoms with Crippen LogP contribution in [0.2, 0.25) is 0 Å². The zero-order valence-corrected chi connectivity index (χ0v) is 14.6. The summed E-state index contributed by atoms with van der Waals surface area (Å²) in [6.07, 6.45) is 1.05. The Balaban J connectivity index is 2.12. The summed E-state index contributed by atoms with van der Waals surface area (Å²) < 4.78 is 22.7. The Hall–Kier alpha value is -3.52. The third kappa shape index (κ3) is 5.48. The standard InChI is InChI=1S/C19H18FN3O4/c1-26-17(24)11-27-15-4-2-3-12(9-15)18(25)16(10-21)19(22)23-14-7-5-13(20)6-8-14/h2-10H,11,21H2,1H3,(H2,22,23)/p+1. The molecule has 0 radical (unpaired) electrons. The van der Waals surface area contributed by atoms with E-state index >= 15 is 0 Å². The molecular formula is C19H19FN3O4+. The van der Waals surface area contributed by atoms with Crippen molar-refractivity contribution in [2.75, 3.05) is 13.7 Å². The molecule has 0 saturated carbocycles. The number of methoxy groups -OCH3 is 1. The van der Waals surface area contributed by atoms with E-state index in [-0.39, 0.29) is 23.6 Å². The zero-order valence-electron chi connectivity index (χ0n) is 14.6. The van der Waals surface area contributed by atoms with Gasteiger partial charge in [-0.25, -0.2) is 14.6 Å². The van der Waals surface area contributed by atoms with E-state index in [9.17, 15) is 14.0 Å². The third-order valence-corrected chi connectivity index (χ3v) is 3.56. The van der Waals surface area contributed by atoms with Gasteiger partial charge in [0.05, 0.1) is 7.11 Å². The highest BCUT2D eigenvalue weighted by molar-refractivity contribution is 6.24. The fraction of sp³-hybridized carbons (Fsp3) is 0.105. The van der Waals surface area contributed by atoms with Gasteiger partial charge >= 0.3 is 5.97 Å². The molecule has 0 heterocycles. The Bertz CT molecular complexity index is 879. The van der Waals surface area contributed by atoms with E-state index in [2.05, 4.69) is 4.74 Å². The average Bonchev–Trinajstić information content (AvgIpc) is 2.68. The number of carbonyl (C=O) groups is 2. The lowest BCUT2D eigenvalue weighted by atomic mass is 10.0. The number of ketones is 1. The van der Waals surface area contributed by atoms with Crippen molar-refractivity contribution in [3.63, 3.8) is 0 Å². The Morgan fingerprint density at radius 2 is 1.93 bits per heavy atom. The van der Waals surface area contributed by atoms with Crippen molar-refractivity contribution in [2.45, 2.75) is 0 Å². The number of nitrogens with two attached hydrogens (primary N) is 2. The van der Waals surface area contributed by atoms with Crippen LogP contribution in [0.15, 0.2) is 60.3 Å². The van der Waals surface area contributed by atoms with E-state index in [1.807, 2.05) is 0 Å². The molecule has 2 aromatic carbocycles. The van der Waals surface area contributed by atoms with E-state index in [0.29, 0.717) is 11.4 Å². The van der Waals surface area contributed by atoms with E-state index in [4.69, 9.17) is 15.9 Å². The predicted octanol–water partition coefficient (Wildman–Crippen LogP) is 1.28. The number of halogens is 1. The van der Waals surface area contributed by atoms with Crippen molar-refractivity contribution in [3.05, 3.63) is 71.7 Å². The van der Waals surface area contributed by atoms with E-state index in [1.54, 1.807) is 18.2 Å². The largest absolute Gasteiger partial charge is 0.482 e. The van der Waals surface area contributed by atoms with Crippen molar-refractivity contribution in [1.29, 1.82) is 5.41 Å². The average molecular weight is 372 g/mol. The summed E-state index contributed by atoms with van der Waals surface area (Å²) in [6, 6.07) is 11.7. The molecule has 0 aliphatic heterocycles. The molecule has 27 heavy (non-hydrogen) atoms. The molecule has 2 aromatic rings. The number of amidine groups is 1. The number of Topliss-reactive ketones (excluding diaryl/α,β-unsaturated/α-hetero) is 1. The Kier molecular flexibility index (Phi) is 6.79. The van der Waals surface area contributed by atoms with Crippen molar-refractivity contribution in [2.24, 2.45) is 5.73 Å². The maximum absolute atomic E-state index is 13.0. The van der Waals surface area contributed by atoms with Crippen molar-refractivity contribution < 1.29 is 28.8 Å². The van der Waals surface area contributed by atoms with Gasteiger partial charge in [-0.05, 0) is 24.3 Å². The minimum atomic E-state index is -0.551. The number of hydrogen-bond acceptors (Lipinski definition) is 6. The van der Waals surface area contributed by atoms with Gasteiger partial charge in [0, 0.05) is 23.9 Å². The number of rotatable bonds is 7. The number of quaternary nitrogens is 1. The van der Waals surface area contributed by atoms with Crippen LogP contribution in [0.4, 0.5) is 10.1 Å². The lowest BCUT2D eigenvalue weighted by Gasteiger charge is -2.08. The van der Waals surface area contributed by atoms with Gasteiger partial charge in [-0.2, -0.15) is 0 Å². The summed E-state index contributed by atoms with van der Waals surface area (Å²) in [5, 5.41) is 9.53. The van der Waals surface area contributed by atoms with E-state index in [1.165, 1.54) is 42.8 Å². The number of carbonyl (C=O) groups excluding carboxylic acids is 2. The van der Waals surface area contributed by atoms with E-state index < -0.39 is 17.6 Å². The van der Waals surface area contributed by atoms with Gasteiger partial charge in [-0.15, -0.1) is 0 Å². The summed E-state index contributed by atoms with van der Waals surface area (Å²) in [7, 11) is 1.24. The highest BCUT2D eigenvalue weighted by Crippen LogP contribution is 2.16. The molecule has 0 saturated heterocycles. The van der Waals surface area contributed by atoms with Crippen LogP contribution < -0.4 is 15.8 Å². The molecule has 2 rings (SSSR count). The van der Waals surface area contributed by atoms with Crippen LogP contribution in [0.3, 0.4) is 0 Å². The van der Waals surface area contributed by atoms with Crippen LogP contribution in [0, 0.1) is 11.2 Å². The molecule has 7 nitrogen and oxygen atoms in total. The quantitative estimate of drug-likeness (QED) is 0.169. The molecule has 0 amide bonds. The number of esters is 1. The van der Waals surface area contributed by atoms with Gasteiger partial charge in [0.15, 0.2) is 6.61 Å². The first kappa shape index (κ1) is 19.8. The first-order valence-corrected chi connectivity index (χ1v) is 7.90. The normalized spacial score (nSPS) is 11.0. The van der Waals surface area contributed by atoms with Gasteiger partial charge < -0.3 is 15.2 Å². The van der Waals surface area contributed by atoms with Gasteiger partial charge in [0.25, 0.3) is 0 Å². The van der Waals surface area contributed by atoms with Crippen LogP contribution in [-0.4, -0.2) is 31.3 Å². The molecule has 0 bridgehead atoms. The second kappa shape index (κ2) is 9.25. The first-order valence-electron chi connectivity index (χ1n) is 7.90. The summed E-state index contributed by atoms with van der Waals surface area (Å²) in [4.78, 5) is 23.8. The van der Waals surface area contributed by atoms with Crippen molar-refractivity contribution in [1.82, 2.24) is 0 Å². The van der Waals surface area contributed by atoms with Gasteiger partial charge in [-0.3, -0.25) is 10.1 Å². The minimum absolute atomic E-state index is 0.0237. The van der Waals surface area contributed by atoms with Crippen LogP contribution in [0.1, 0.15) is 10.4 Å². The molecule has 0 aliphatic rings. The molecule has 0 aliphatic carbocycles. The second-order valence-corrected chi connectivity index (χ2v) is 5.41. The lowest BCUT2D eigenvalue weighted by Crippen LogP contribution is -2.82. The molecule has 140 valence electrons. The van der Waals surface area contributed by atoms with Gasteiger partial charge in [-0.1, -0.05) is 12.1 Å². The molecule has 0 spiro atoms. The molecule has 0 unspecified atom stereocenters. The SMILES string of the molecule is COC(=O)COc1cccc(C(=O)C(=CN)C(=N)[NH2+]c2ccc(F)cc2)c1. The monoisotopic (exact) mass is 372 g/mol. The van der Waals surface area contributed by atoms with Crippen LogP contribution in [0.25, 0.3) is 0 Å². The fourth-order valence-corrected chi connectivity index (χ4v) is 2.18. The second-order valence-electron chi connectivity index (χ2n) is 5.41. The van der Waals surface area contributed by atoms with Crippen LogP contribution in [0.5, 0.6) is 5.75 Å². The minimum Gasteiger partial charge on any atom is -0.482 e. The summed E-state index contributed by atoms with van der Waals surface area (Å²) in [5.41, 5.74) is 6.33. The number of nitrogens with one attached hydrogen (secondary N) is 1. The topological polar surface area (TPSA) is 119 Å². The van der Waals surface area contributed by atoms with E-state index in [0.717, 1.165) is 6.20 Å². The third-order valence-electron chi connectivity index (χ3n) is 3.56. The van der Waals surface area contributed by atoms with Gasteiger partial charge in [0.1, 0.15) is 22.8 Å². The molecule has 8 heteroatoms. The first-order chi connectivity index (χ1) is 12.9. The molecule has 5 N–H and O–H groups in total. The molecule has 0 fully saturated rings. The van der Waals surface area contributed by atoms with Crippen LogP contribution in [-0.2, 0) is 9.53 Å². The summed E-state index contributed by atoms with van der Waals surface area (Å²) in [6.45, 7) is -0.290. The summed E-state index contributed by atoms with van der Waals surface area (Å²) >= 11 is 0. The van der Waals surface area contributed by atoms with Crippen LogP contribution >= 0.6 is 0 Å². The van der Waals surface area contributed by atoms with Gasteiger partial charge in [0.2, 0.25) is 11.6 Å². The highest BCUT2D eigenvalue weighted by Gasteiger charge is 2.21. The highest BCUT2D eigenvalue weighted by atomic mass is 19.1. The van der Waals surface area contributed by atoms with Crippen molar-refractivity contribution >= 4 is 23.3 Å². The maximum atomic E-state index is 13.0. The smallest absolute Gasteiger partial charge is 0.343 e. The summed E-state index contributed by atoms with van der Waals surface area (Å²) in [5.74, 6) is -1.24. The number of benzene rings is 2. The van der Waals surface area contributed by atoms with Crippen molar-refractivity contribution in [3.8, 4) is 5.75 Å². The lowest BCUT2D eigenvalue weighted by molar-refractivity contribution is -0.443.